The van der Waals surface area contributed by atoms with Gasteiger partial charge < -0.3 is 14.8 Å². The van der Waals surface area contributed by atoms with E-state index in [0.29, 0.717) is 22.7 Å². The predicted octanol–water partition coefficient (Wildman–Crippen LogP) is 4.27. The second-order valence-electron chi connectivity index (χ2n) is 8.26. The maximum absolute atomic E-state index is 12.7. The summed E-state index contributed by atoms with van der Waals surface area (Å²) in [5, 5.41) is 2.92. The fourth-order valence-electron chi connectivity index (χ4n) is 4.06. The standard InChI is InChI=1S/C27H31N3O3/c1-32-24-12-13-25(26(18-24)33-2)28-27(31)23-10-8-22(9-11-23)20-30-16-14-29(15-17-30)19-21-6-4-3-5-7-21/h3-13,18H,14-17,19-20H2,1-2H3,(H,28,31). The van der Waals surface area contributed by atoms with Crippen molar-refractivity contribution in [2.75, 3.05) is 45.7 Å². The van der Waals surface area contributed by atoms with Crippen LogP contribution in [0.25, 0.3) is 0 Å². The molecule has 6 nitrogen and oxygen atoms in total. The molecule has 3 aromatic carbocycles. The van der Waals surface area contributed by atoms with E-state index in [2.05, 4.69) is 45.4 Å². The molecular formula is C27H31N3O3. The molecule has 0 atom stereocenters. The van der Waals surface area contributed by atoms with E-state index in [-0.39, 0.29) is 5.91 Å². The first-order chi connectivity index (χ1) is 16.1. The van der Waals surface area contributed by atoms with E-state index >= 15 is 0 Å². The minimum Gasteiger partial charge on any atom is -0.497 e. The number of hydrogen-bond acceptors (Lipinski definition) is 5. The zero-order valence-electron chi connectivity index (χ0n) is 19.3. The van der Waals surface area contributed by atoms with Gasteiger partial charge in [-0.2, -0.15) is 0 Å². The summed E-state index contributed by atoms with van der Waals surface area (Å²) in [5.74, 6) is 1.07. The Balaban J connectivity index is 1.28. The van der Waals surface area contributed by atoms with E-state index in [1.807, 2.05) is 24.3 Å². The molecule has 1 N–H and O–H groups in total. The van der Waals surface area contributed by atoms with Gasteiger partial charge in [0.05, 0.1) is 19.9 Å². The van der Waals surface area contributed by atoms with Crippen molar-refractivity contribution in [3.8, 4) is 11.5 Å². The number of nitrogens with zero attached hydrogens (tertiary/aromatic N) is 2. The van der Waals surface area contributed by atoms with Gasteiger partial charge in [0.1, 0.15) is 11.5 Å². The third-order valence-electron chi connectivity index (χ3n) is 5.99. The van der Waals surface area contributed by atoms with Crippen molar-refractivity contribution >= 4 is 11.6 Å². The van der Waals surface area contributed by atoms with Crippen LogP contribution in [0.3, 0.4) is 0 Å². The van der Waals surface area contributed by atoms with Gasteiger partial charge in [0.2, 0.25) is 0 Å². The van der Waals surface area contributed by atoms with Gasteiger partial charge in [0, 0.05) is 50.9 Å². The van der Waals surface area contributed by atoms with Crippen molar-refractivity contribution in [1.82, 2.24) is 9.80 Å². The van der Waals surface area contributed by atoms with E-state index < -0.39 is 0 Å². The number of nitrogens with one attached hydrogen (secondary N) is 1. The Morgan fingerprint density at radius 2 is 1.39 bits per heavy atom. The molecule has 0 bridgehead atoms. The SMILES string of the molecule is COc1ccc(NC(=O)c2ccc(CN3CCN(Cc4ccccc4)CC3)cc2)c(OC)c1. The van der Waals surface area contributed by atoms with Crippen molar-refractivity contribution in [3.05, 3.63) is 89.5 Å². The molecule has 4 rings (SSSR count). The van der Waals surface area contributed by atoms with Crippen LogP contribution in [0.4, 0.5) is 5.69 Å². The molecule has 172 valence electrons. The summed E-state index contributed by atoms with van der Waals surface area (Å²) in [6.07, 6.45) is 0. The number of rotatable bonds is 8. The normalized spacial score (nSPS) is 14.6. The third-order valence-corrected chi connectivity index (χ3v) is 5.99. The number of anilines is 1. The molecule has 0 aliphatic carbocycles. The molecule has 1 aliphatic rings. The summed E-state index contributed by atoms with van der Waals surface area (Å²) in [5.41, 5.74) is 3.81. The quantitative estimate of drug-likeness (QED) is 0.561. The second kappa shape index (κ2) is 11.0. The van der Waals surface area contributed by atoms with Gasteiger partial charge in [0.15, 0.2) is 0 Å². The Morgan fingerprint density at radius 1 is 0.788 bits per heavy atom. The topological polar surface area (TPSA) is 54.0 Å². The lowest BCUT2D eigenvalue weighted by molar-refractivity contribution is 0.102. The molecule has 0 unspecified atom stereocenters. The van der Waals surface area contributed by atoms with Gasteiger partial charge in [-0.25, -0.2) is 0 Å². The number of methoxy groups -OCH3 is 2. The van der Waals surface area contributed by atoms with E-state index in [4.69, 9.17) is 9.47 Å². The lowest BCUT2D eigenvalue weighted by Gasteiger charge is -2.34. The number of piperazine rings is 1. The zero-order valence-corrected chi connectivity index (χ0v) is 19.3. The monoisotopic (exact) mass is 445 g/mol. The average molecular weight is 446 g/mol. The summed E-state index contributed by atoms with van der Waals surface area (Å²) < 4.78 is 10.6. The van der Waals surface area contributed by atoms with Crippen LogP contribution in [0.2, 0.25) is 0 Å². The van der Waals surface area contributed by atoms with Gasteiger partial charge in [-0.05, 0) is 35.4 Å². The molecule has 0 saturated carbocycles. The van der Waals surface area contributed by atoms with E-state index in [1.165, 1.54) is 11.1 Å². The van der Waals surface area contributed by atoms with E-state index in [9.17, 15) is 4.79 Å². The first-order valence-corrected chi connectivity index (χ1v) is 11.3. The summed E-state index contributed by atoms with van der Waals surface area (Å²) in [7, 11) is 3.17. The highest BCUT2D eigenvalue weighted by atomic mass is 16.5. The average Bonchev–Trinajstić information content (AvgIpc) is 2.86. The molecule has 6 heteroatoms. The molecule has 1 amide bonds. The summed E-state index contributed by atoms with van der Waals surface area (Å²) >= 11 is 0. The van der Waals surface area contributed by atoms with Crippen LogP contribution in [0.1, 0.15) is 21.5 Å². The summed E-state index contributed by atoms with van der Waals surface area (Å²) in [4.78, 5) is 17.7. The second-order valence-corrected chi connectivity index (χ2v) is 8.26. The van der Waals surface area contributed by atoms with Crippen LogP contribution in [-0.4, -0.2) is 56.1 Å². The highest BCUT2D eigenvalue weighted by Crippen LogP contribution is 2.29. The van der Waals surface area contributed by atoms with E-state index in [0.717, 1.165) is 39.3 Å². The Labute approximate surface area is 195 Å². The van der Waals surface area contributed by atoms with Crippen molar-refractivity contribution in [2.45, 2.75) is 13.1 Å². The first-order valence-electron chi connectivity index (χ1n) is 11.3. The molecule has 1 fully saturated rings. The smallest absolute Gasteiger partial charge is 0.255 e. The van der Waals surface area contributed by atoms with Gasteiger partial charge in [-0.1, -0.05) is 42.5 Å². The number of hydrogen-bond donors (Lipinski definition) is 1. The fourth-order valence-corrected chi connectivity index (χ4v) is 4.06. The Bertz CT molecular complexity index is 1050. The van der Waals surface area contributed by atoms with Crippen LogP contribution < -0.4 is 14.8 Å². The highest BCUT2D eigenvalue weighted by Gasteiger charge is 2.17. The fraction of sp³-hybridized carbons (Fsp3) is 0.296. The Morgan fingerprint density at radius 3 is 1.97 bits per heavy atom. The van der Waals surface area contributed by atoms with Gasteiger partial charge in [-0.3, -0.25) is 14.6 Å². The number of carbonyl (C=O) groups is 1. The Kier molecular flexibility index (Phi) is 7.60. The number of ether oxygens (including phenoxy) is 2. The lowest BCUT2D eigenvalue weighted by atomic mass is 10.1. The molecule has 33 heavy (non-hydrogen) atoms. The van der Waals surface area contributed by atoms with Gasteiger partial charge >= 0.3 is 0 Å². The van der Waals surface area contributed by atoms with Gasteiger partial charge in [0.25, 0.3) is 5.91 Å². The largest absolute Gasteiger partial charge is 0.497 e. The van der Waals surface area contributed by atoms with Crippen molar-refractivity contribution < 1.29 is 14.3 Å². The van der Waals surface area contributed by atoms with Crippen LogP contribution in [0, 0.1) is 0 Å². The maximum Gasteiger partial charge on any atom is 0.255 e. The van der Waals surface area contributed by atoms with Crippen LogP contribution in [-0.2, 0) is 13.1 Å². The molecule has 1 saturated heterocycles. The molecule has 3 aromatic rings. The van der Waals surface area contributed by atoms with Crippen molar-refractivity contribution in [3.63, 3.8) is 0 Å². The number of benzene rings is 3. The zero-order chi connectivity index (χ0) is 23.0. The van der Waals surface area contributed by atoms with Gasteiger partial charge in [-0.15, -0.1) is 0 Å². The number of carbonyl (C=O) groups excluding carboxylic acids is 1. The molecule has 0 aromatic heterocycles. The minimum atomic E-state index is -0.167. The van der Waals surface area contributed by atoms with Crippen LogP contribution in [0.15, 0.2) is 72.8 Å². The summed E-state index contributed by atoms with van der Waals surface area (Å²) in [6.45, 7) is 6.14. The number of amides is 1. The minimum absolute atomic E-state index is 0.167. The van der Waals surface area contributed by atoms with Crippen molar-refractivity contribution in [2.24, 2.45) is 0 Å². The molecular weight excluding hydrogens is 414 g/mol. The van der Waals surface area contributed by atoms with E-state index in [1.54, 1.807) is 32.4 Å². The highest BCUT2D eigenvalue weighted by molar-refractivity contribution is 6.05. The van der Waals surface area contributed by atoms with Crippen molar-refractivity contribution in [1.29, 1.82) is 0 Å². The summed E-state index contributed by atoms with van der Waals surface area (Å²) in [6, 6.07) is 23.8. The third kappa shape index (κ3) is 6.12. The molecule has 1 aliphatic heterocycles. The predicted molar refractivity (Wildman–Crippen MR) is 131 cm³/mol. The first kappa shape index (κ1) is 22.8. The molecule has 0 spiro atoms. The molecule has 1 heterocycles. The maximum atomic E-state index is 12.7. The lowest BCUT2D eigenvalue weighted by Crippen LogP contribution is -2.45. The molecule has 0 radical (unpaired) electrons. The Hall–Kier alpha value is -3.35. The van der Waals surface area contributed by atoms with Crippen LogP contribution >= 0.6 is 0 Å². The van der Waals surface area contributed by atoms with Crippen LogP contribution in [0.5, 0.6) is 11.5 Å².